The highest BCUT2D eigenvalue weighted by atomic mass is 19.1. The predicted octanol–water partition coefficient (Wildman–Crippen LogP) is 2.51. The minimum Gasteiger partial charge on any atom is -0.399 e. The van der Waals surface area contributed by atoms with Crippen LogP contribution in [0.4, 0.5) is 10.1 Å². The van der Waals surface area contributed by atoms with Crippen molar-refractivity contribution in [1.82, 2.24) is 20.2 Å². The van der Waals surface area contributed by atoms with E-state index in [0.717, 1.165) is 6.42 Å². The van der Waals surface area contributed by atoms with Crippen molar-refractivity contribution in [3.8, 4) is 11.4 Å². The van der Waals surface area contributed by atoms with Gasteiger partial charge in [-0.1, -0.05) is 6.92 Å². The Morgan fingerprint density at radius 3 is 2.68 bits per heavy atom. The Bertz CT molecular complexity index is 603. The largest absolute Gasteiger partial charge is 0.399 e. The quantitative estimate of drug-likeness (QED) is 0.864. The van der Waals surface area contributed by atoms with Crippen LogP contribution in [0.2, 0.25) is 0 Å². The number of aromatic nitrogens is 4. The molecule has 0 saturated carbocycles. The van der Waals surface area contributed by atoms with E-state index in [1.165, 1.54) is 0 Å². The predicted molar refractivity (Wildman–Crippen MR) is 72.0 cm³/mol. The van der Waals surface area contributed by atoms with Gasteiger partial charge in [-0.05, 0) is 55.3 Å². The van der Waals surface area contributed by atoms with Crippen LogP contribution < -0.4 is 5.73 Å². The number of tetrazole rings is 1. The maximum atomic E-state index is 14.3. The molecule has 0 aliphatic carbocycles. The summed E-state index contributed by atoms with van der Waals surface area (Å²) in [5.74, 6) is 0.0666. The van der Waals surface area contributed by atoms with Gasteiger partial charge in [0.15, 0.2) is 5.82 Å². The van der Waals surface area contributed by atoms with Gasteiger partial charge in [-0.3, -0.25) is 0 Å². The number of nitrogens with two attached hydrogens (primary N) is 1. The van der Waals surface area contributed by atoms with Crippen LogP contribution in [0, 0.1) is 12.7 Å². The summed E-state index contributed by atoms with van der Waals surface area (Å²) in [6.07, 6.45) is 0.827. The molecule has 0 spiro atoms. The number of hydrogen-bond donors (Lipinski definition) is 1. The average molecular weight is 263 g/mol. The zero-order valence-corrected chi connectivity index (χ0v) is 11.6. The Hall–Kier alpha value is -1.98. The van der Waals surface area contributed by atoms with E-state index in [4.69, 9.17) is 5.73 Å². The van der Waals surface area contributed by atoms with Crippen molar-refractivity contribution in [1.29, 1.82) is 0 Å². The number of halogens is 1. The van der Waals surface area contributed by atoms with E-state index < -0.39 is 0 Å². The molecule has 0 saturated heterocycles. The summed E-state index contributed by atoms with van der Waals surface area (Å²) in [6.45, 7) is 7.72. The standard InChI is InChI=1S/C13H18FN5/c1-5-13(3,4)19-12(16-17-18-19)10-7-9(15)6-8(2)11(10)14/h6-7H,5,15H2,1-4H3. The molecule has 0 amide bonds. The maximum Gasteiger partial charge on any atom is 0.185 e. The van der Waals surface area contributed by atoms with Crippen molar-refractivity contribution < 1.29 is 4.39 Å². The highest BCUT2D eigenvalue weighted by Crippen LogP contribution is 2.29. The molecule has 0 unspecified atom stereocenters. The molecule has 0 fully saturated rings. The van der Waals surface area contributed by atoms with E-state index in [0.29, 0.717) is 22.6 Å². The molecule has 1 aromatic carbocycles. The van der Waals surface area contributed by atoms with Crippen LogP contribution in [0.5, 0.6) is 0 Å². The van der Waals surface area contributed by atoms with Gasteiger partial charge in [0, 0.05) is 5.69 Å². The Balaban J connectivity index is 2.65. The second-order valence-corrected chi connectivity index (χ2v) is 5.28. The fraction of sp³-hybridized carbons (Fsp3) is 0.462. The number of nitrogens with zero attached hydrogens (tertiary/aromatic N) is 4. The fourth-order valence-electron chi connectivity index (χ4n) is 1.87. The van der Waals surface area contributed by atoms with Gasteiger partial charge in [0.05, 0.1) is 11.1 Å². The first-order chi connectivity index (χ1) is 8.86. The lowest BCUT2D eigenvalue weighted by Crippen LogP contribution is -2.27. The number of hydrogen-bond acceptors (Lipinski definition) is 4. The highest BCUT2D eigenvalue weighted by molar-refractivity contribution is 5.63. The van der Waals surface area contributed by atoms with Gasteiger partial charge in [-0.25, -0.2) is 9.07 Å². The molecule has 0 bridgehead atoms. The lowest BCUT2D eigenvalue weighted by atomic mass is 10.0. The first kappa shape index (κ1) is 13.5. The number of aryl methyl sites for hydroxylation is 1. The van der Waals surface area contributed by atoms with Gasteiger partial charge in [0.2, 0.25) is 0 Å². The van der Waals surface area contributed by atoms with E-state index in [1.807, 2.05) is 20.8 Å². The summed E-state index contributed by atoms with van der Waals surface area (Å²) in [6, 6.07) is 3.16. The summed E-state index contributed by atoms with van der Waals surface area (Å²) in [5.41, 5.74) is 6.81. The van der Waals surface area contributed by atoms with Crippen molar-refractivity contribution in [3.63, 3.8) is 0 Å². The smallest absolute Gasteiger partial charge is 0.185 e. The third-order valence-corrected chi connectivity index (χ3v) is 3.43. The molecule has 0 radical (unpaired) electrons. The molecule has 2 aromatic rings. The molecular weight excluding hydrogens is 245 g/mol. The van der Waals surface area contributed by atoms with Crippen molar-refractivity contribution in [2.75, 3.05) is 5.73 Å². The molecule has 2 N–H and O–H groups in total. The molecule has 0 aliphatic heterocycles. The Labute approximate surface area is 111 Å². The Morgan fingerprint density at radius 1 is 1.37 bits per heavy atom. The molecule has 0 atom stereocenters. The zero-order valence-electron chi connectivity index (χ0n) is 11.6. The zero-order chi connectivity index (χ0) is 14.2. The van der Waals surface area contributed by atoms with Crippen molar-refractivity contribution in [2.45, 2.75) is 39.7 Å². The first-order valence-corrected chi connectivity index (χ1v) is 6.21. The van der Waals surface area contributed by atoms with Crippen LogP contribution in [0.15, 0.2) is 12.1 Å². The molecule has 2 rings (SSSR count). The Kier molecular flexibility index (Phi) is 3.26. The molecule has 19 heavy (non-hydrogen) atoms. The molecule has 0 aliphatic rings. The Morgan fingerprint density at radius 2 is 2.05 bits per heavy atom. The molecule has 5 nitrogen and oxygen atoms in total. The second kappa shape index (κ2) is 4.60. The third kappa shape index (κ3) is 2.30. The number of benzene rings is 1. The van der Waals surface area contributed by atoms with E-state index in [9.17, 15) is 4.39 Å². The summed E-state index contributed by atoms with van der Waals surface area (Å²) < 4.78 is 15.9. The van der Waals surface area contributed by atoms with Gasteiger partial charge < -0.3 is 5.73 Å². The van der Waals surface area contributed by atoms with E-state index >= 15 is 0 Å². The van der Waals surface area contributed by atoms with Gasteiger partial charge in [0.1, 0.15) is 5.82 Å². The lowest BCUT2D eigenvalue weighted by molar-refractivity contribution is 0.304. The topological polar surface area (TPSA) is 69.6 Å². The van der Waals surface area contributed by atoms with E-state index in [-0.39, 0.29) is 11.4 Å². The van der Waals surface area contributed by atoms with E-state index in [1.54, 1.807) is 23.7 Å². The molecule has 1 heterocycles. The maximum absolute atomic E-state index is 14.3. The van der Waals surface area contributed by atoms with Crippen LogP contribution in [0.25, 0.3) is 11.4 Å². The van der Waals surface area contributed by atoms with Gasteiger partial charge in [0.25, 0.3) is 0 Å². The van der Waals surface area contributed by atoms with Crippen molar-refractivity contribution in [3.05, 3.63) is 23.5 Å². The van der Waals surface area contributed by atoms with Crippen molar-refractivity contribution in [2.24, 2.45) is 0 Å². The van der Waals surface area contributed by atoms with Crippen LogP contribution in [0.1, 0.15) is 32.8 Å². The monoisotopic (exact) mass is 263 g/mol. The van der Waals surface area contributed by atoms with Gasteiger partial charge in [-0.15, -0.1) is 5.10 Å². The number of rotatable bonds is 3. The van der Waals surface area contributed by atoms with Gasteiger partial charge in [-0.2, -0.15) is 0 Å². The highest BCUT2D eigenvalue weighted by Gasteiger charge is 2.26. The third-order valence-electron chi connectivity index (χ3n) is 3.43. The average Bonchev–Trinajstić information content (AvgIpc) is 2.83. The fourth-order valence-corrected chi connectivity index (χ4v) is 1.87. The van der Waals surface area contributed by atoms with Crippen LogP contribution in [-0.2, 0) is 5.54 Å². The summed E-state index contributed by atoms with van der Waals surface area (Å²) in [5, 5.41) is 11.6. The molecule has 1 aromatic heterocycles. The van der Waals surface area contributed by atoms with E-state index in [2.05, 4.69) is 15.5 Å². The van der Waals surface area contributed by atoms with Crippen LogP contribution in [0.3, 0.4) is 0 Å². The SMILES string of the molecule is CCC(C)(C)n1nnnc1-c1cc(N)cc(C)c1F. The molecule has 6 heteroatoms. The molecule has 102 valence electrons. The van der Waals surface area contributed by atoms with Crippen LogP contribution >= 0.6 is 0 Å². The lowest BCUT2D eigenvalue weighted by Gasteiger charge is -2.24. The summed E-state index contributed by atoms with van der Waals surface area (Å²) in [7, 11) is 0. The summed E-state index contributed by atoms with van der Waals surface area (Å²) >= 11 is 0. The summed E-state index contributed by atoms with van der Waals surface area (Å²) in [4.78, 5) is 0. The molecular formula is C13H18FN5. The minimum absolute atomic E-state index is 0.288. The first-order valence-electron chi connectivity index (χ1n) is 6.21. The second-order valence-electron chi connectivity index (χ2n) is 5.28. The number of anilines is 1. The van der Waals surface area contributed by atoms with Crippen molar-refractivity contribution >= 4 is 5.69 Å². The number of nitrogen functional groups attached to an aromatic ring is 1. The minimum atomic E-state index is -0.336. The van der Waals surface area contributed by atoms with Gasteiger partial charge >= 0.3 is 0 Å². The normalized spacial score (nSPS) is 11.8. The van der Waals surface area contributed by atoms with Crippen LogP contribution in [-0.4, -0.2) is 20.2 Å².